The van der Waals surface area contributed by atoms with Crippen molar-refractivity contribution < 1.29 is 129 Å². The first-order valence-electron chi connectivity index (χ1n) is 17.6. The van der Waals surface area contributed by atoms with Crippen LogP contribution in [0.4, 0.5) is 0 Å². The first-order chi connectivity index (χ1) is 26.4. The number of hydrogen-bond donors (Lipinski definition) is 17. The predicted octanol–water partition coefficient (Wildman–Crippen LogP) is -11.9. The zero-order valence-corrected chi connectivity index (χ0v) is 29.2. The molecule has 56 heavy (non-hydrogen) atoms. The Hall–Kier alpha value is -1.04. The first kappa shape index (κ1) is 46.0. The number of rotatable bonds is 13. The van der Waals surface area contributed by atoms with Gasteiger partial charge in [0.2, 0.25) is 0 Å². The molecule has 0 bridgehead atoms. The Morgan fingerprint density at radius 3 is 1.00 bits per heavy atom. The van der Waals surface area contributed by atoms with Crippen LogP contribution in [0.5, 0.6) is 0 Å². The van der Waals surface area contributed by atoms with Gasteiger partial charge in [0.05, 0.1) is 33.0 Å². The van der Waals surface area contributed by atoms with E-state index in [9.17, 15) is 86.8 Å². The van der Waals surface area contributed by atoms with Gasteiger partial charge in [0.1, 0.15) is 122 Å². The second-order valence-corrected chi connectivity index (χ2v) is 14.1. The summed E-state index contributed by atoms with van der Waals surface area (Å²) in [7, 11) is 0. The Morgan fingerprint density at radius 1 is 0.304 bits per heavy atom. The Kier molecular flexibility index (Phi) is 16.1. The molecule has 25 atom stereocenters. The monoisotopic (exact) mass is 828 g/mol. The third kappa shape index (κ3) is 9.61. The van der Waals surface area contributed by atoms with Gasteiger partial charge >= 0.3 is 0 Å². The van der Waals surface area contributed by atoms with E-state index in [4.69, 9.17) is 42.6 Å². The fraction of sp³-hybridized carbons (Fsp3) is 1.00. The third-order valence-electron chi connectivity index (χ3n) is 10.3. The number of aliphatic hydroxyl groups excluding tert-OH is 17. The van der Waals surface area contributed by atoms with E-state index in [1.54, 1.807) is 0 Å². The number of hydrogen-bond acceptors (Lipinski definition) is 26. The number of ether oxygens (including phenoxy) is 9. The minimum absolute atomic E-state index is 0.675. The molecule has 0 aliphatic carbocycles. The van der Waals surface area contributed by atoms with E-state index in [0.29, 0.717) is 0 Å². The van der Waals surface area contributed by atoms with Crippen molar-refractivity contribution in [1.82, 2.24) is 0 Å². The second kappa shape index (κ2) is 19.6. The third-order valence-corrected chi connectivity index (χ3v) is 10.3. The van der Waals surface area contributed by atoms with Crippen molar-refractivity contribution in [3.8, 4) is 0 Å². The van der Waals surface area contributed by atoms with Crippen molar-refractivity contribution in [1.29, 1.82) is 0 Å². The molecule has 0 radical (unpaired) electrons. The van der Waals surface area contributed by atoms with Gasteiger partial charge < -0.3 is 129 Å². The molecule has 5 aliphatic heterocycles. The molecule has 17 N–H and O–H groups in total. The molecule has 0 aromatic heterocycles. The van der Waals surface area contributed by atoms with Crippen LogP contribution in [0.1, 0.15) is 0 Å². The van der Waals surface area contributed by atoms with Crippen LogP contribution in [0, 0.1) is 0 Å². The first-order valence-corrected chi connectivity index (χ1v) is 17.6. The summed E-state index contributed by atoms with van der Waals surface area (Å²) < 4.78 is 48.6. The summed E-state index contributed by atoms with van der Waals surface area (Å²) in [6.45, 7) is -3.80. The molecule has 0 aromatic rings. The van der Waals surface area contributed by atoms with Crippen LogP contribution in [0.15, 0.2) is 0 Å². The highest BCUT2D eigenvalue weighted by atomic mass is 16.8. The fourth-order valence-corrected chi connectivity index (χ4v) is 6.71. The molecular formula is C30H52O26. The van der Waals surface area contributed by atoms with Gasteiger partial charge in [-0.05, 0) is 0 Å². The molecule has 5 fully saturated rings. The highest BCUT2D eigenvalue weighted by molar-refractivity contribution is 4.96. The van der Waals surface area contributed by atoms with E-state index < -0.39 is 187 Å². The van der Waals surface area contributed by atoms with Crippen molar-refractivity contribution in [3.63, 3.8) is 0 Å². The maximum absolute atomic E-state index is 10.6. The van der Waals surface area contributed by atoms with Crippen LogP contribution in [0.2, 0.25) is 0 Å². The molecule has 0 saturated carbocycles. The Morgan fingerprint density at radius 2 is 0.625 bits per heavy atom. The molecule has 0 unspecified atom stereocenters. The molecule has 0 aromatic carbocycles. The minimum Gasteiger partial charge on any atom is -0.394 e. The standard InChI is InChI=1S/C30H52O26/c31-1-6-11(33)15(37)21(43)27(52-6)48-3-8-12(34)16(38)22(44)28(53-8)49-4-9-13(35)17(39)23(45)29(54-9)50-5-10-14(36)18(40)24(46)30(55-10)56-25-7(2-32)51-26(47)20(42)19(25)41/h6-47H,1-5H2/t6-,7-,8-,9-,10-,11-,12-,13-,14-,15+,16+,17+,18+,19-,20-,21-,22-,23-,24-,25-,26+,27+,28+,29+,30-/m1/s1. The van der Waals surface area contributed by atoms with Crippen LogP contribution in [-0.4, -0.2) is 273 Å². The van der Waals surface area contributed by atoms with Crippen LogP contribution >= 0.6 is 0 Å². The molecule has 0 spiro atoms. The van der Waals surface area contributed by atoms with Gasteiger partial charge in [-0.15, -0.1) is 0 Å². The van der Waals surface area contributed by atoms with Gasteiger partial charge in [-0.25, -0.2) is 0 Å². The number of aliphatic hydroxyl groups is 17. The zero-order valence-electron chi connectivity index (χ0n) is 29.2. The zero-order chi connectivity index (χ0) is 41.3. The van der Waals surface area contributed by atoms with Crippen LogP contribution < -0.4 is 0 Å². The molecule has 5 saturated heterocycles. The molecule has 5 heterocycles. The summed E-state index contributed by atoms with van der Waals surface area (Å²) in [6, 6.07) is 0. The van der Waals surface area contributed by atoms with E-state index in [2.05, 4.69) is 0 Å². The Balaban J connectivity index is 1.17. The molecular weight excluding hydrogens is 776 g/mol. The SMILES string of the molecule is OC[C@H]1O[C@H](OC[C@H]2O[C@H](OC[C@H]3O[C@H](OC[C@H]4O[C@H](O[C@H]5[C@H](O)[C@@H](O)[C@@H](O)O[C@@H]5CO)[C@H](O)[C@@H](O)[C@@H]4O)[C@H](O)[C@@H](O)[C@@H]3O)[C@H](O)[C@@H](O)[C@@H]2O)[C@H](O)[C@@H](O)[C@@H]1O. The smallest absolute Gasteiger partial charge is 0.187 e. The predicted molar refractivity (Wildman–Crippen MR) is 167 cm³/mol. The summed E-state index contributed by atoms with van der Waals surface area (Å²) in [5.74, 6) is 0. The van der Waals surface area contributed by atoms with Crippen LogP contribution in [-0.2, 0) is 42.6 Å². The molecule has 26 nitrogen and oxygen atoms in total. The lowest BCUT2D eigenvalue weighted by Gasteiger charge is -2.46. The van der Waals surface area contributed by atoms with Gasteiger partial charge in [0, 0.05) is 0 Å². The van der Waals surface area contributed by atoms with E-state index in [1.165, 1.54) is 0 Å². The maximum atomic E-state index is 10.6. The lowest BCUT2D eigenvalue weighted by Crippen LogP contribution is -2.65. The fourth-order valence-electron chi connectivity index (χ4n) is 6.71. The van der Waals surface area contributed by atoms with Gasteiger partial charge in [-0.1, -0.05) is 0 Å². The maximum Gasteiger partial charge on any atom is 0.187 e. The van der Waals surface area contributed by atoms with E-state index >= 15 is 0 Å². The second-order valence-electron chi connectivity index (χ2n) is 14.1. The normalized spacial score (nSPS) is 53.2. The Bertz CT molecular complexity index is 1200. The summed E-state index contributed by atoms with van der Waals surface area (Å²) >= 11 is 0. The van der Waals surface area contributed by atoms with Gasteiger partial charge in [0.15, 0.2) is 31.5 Å². The van der Waals surface area contributed by atoms with Gasteiger partial charge in [-0.2, -0.15) is 0 Å². The van der Waals surface area contributed by atoms with Crippen molar-refractivity contribution in [2.75, 3.05) is 33.0 Å². The molecule has 5 rings (SSSR count). The van der Waals surface area contributed by atoms with Crippen molar-refractivity contribution in [2.24, 2.45) is 0 Å². The van der Waals surface area contributed by atoms with Gasteiger partial charge in [0.25, 0.3) is 0 Å². The largest absolute Gasteiger partial charge is 0.394 e. The highest BCUT2D eigenvalue weighted by Gasteiger charge is 2.52. The summed E-state index contributed by atoms with van der Waals surface area (Å²) in [4.78, 5) is 0. The van der Waals surface area contributed by atoms with Crippen molar-refractivity contribution >= 4 is 0 Å². The van der Waals surface area contributed by atoms with Crippen LogP contribution in [0.3, 0.4) is 0 Å². The Labute approximate surface area is 316 Å². The minimum atomic E-state index is -1.99. The van der Waals surface area contributed by atoms with Crippen molar-refractivity contribution in [3.05, 3.63) is 0 Å². The molecule has 26 heteroatoms. The summed E-state index contributed by atoms with van der Waals surface area (Å²) in [5, 5.41) is 174. The summed E-state index contributed by atoms with van der Waals surface area (Å²) in [6.07, 6.45) is -44.5. The van der Waals surface area contributed by atoms with E-state index in [1.807, 2.05) is 0 Å². The summed E-state index contributed by atoms with van der Waals surface area (Å²) in [5.41, 5.74) is 0. The quantitative estimate of drug-likeness (QED) is 0.0819. The molecule has 0 amide bonds. The van der Waals surface area contributed by atoms with Crippen LogP contribution in [0.25, 0.3) is 0 Å². The topological polar surface area (TPSA) is 427 Å². The van der Waals surface area contributed by atoms with Crippen molar-refractivity contribution in [2.45, 2.75) is 154 Å². The lowest BCUT2D eigenvalue weighted by molar-refractivity contribution is -0.364. The molecule has 328 valence electrons. The van der Waals surface area contributed by atoms with E-state index in [-0.39, 0.29) is 0 Å². The highest BCUT2D eigenvalue weighted by Crippen LogP contribution is 2.31. The average Bonchev–Trinajstić information content (AvgIpc) is 3.18. The lowest BCUT2D eigenvalue weighted by atomic mass is 9.97. The molecule has 5 aliphatic rings. The van der Waals surface area contributed by atoms with E-state index in [0.717, 1.165) is 0 Å². The van der Waals surface area contributed by atoms with Gasteiger partial charge in [-0.3, -0.25) is 0 Å². The average molecular weight is 829 g/mol.